The van der Waals surface area contributed by atoms with Crippen LogP contribution in [0, 0.1) is 39.9 Å². The molecule has 228 valence electrons. The van der Waals surface area contributed by atoms with Crippen molar-refractivity contribution in [1.82, 2.24) is 0 Å². The van der Waals surface area contributed by atoms with E-state index in [0.717, 1.165) is 11.1 Å². The monoisotopic (exact) mass is 588 g/mol. The number of esters is 3. The van der Waals surface area contributed by atoms with E-state index in [4.69, 9.17) is 14.2 Å². The molecule has 0 aromatic rings. The molecule has 2 heterocycles. The van der Waals surface area contributed by atoms with Crippen molar-refractivity contribution in [1.29, 1.82) is 0 Å². The van der Waals surface area contributed by atoms with E-state index in [-0.39, 0.29) is 24.5 Å². The molecule has 0 aromatic carbocycles. The Hall–Kier alpha value is -3.26. The van der Waals surface area contributed by atoms with Crippen LogP contribution < -0.4 is 0 Å². The Labute approximate surface area is 251 Å². The molecule has 1 spiro atoms. The minimum atomic E-state index is -1.22. The van der Waals surface area contributed by atoms with Gasteiger partial charge in [0.05, 0.1) is 16.9 Å². The van der Waals surface area contributed by atoms with Gasteiger partial charge in [0.15, 0.2) is 5.78 Å². The molecule has 0 radical (unpaired) electrons. The number of ketones is 1. The lowest BCUT2D eigenvalue weighted by atomic mass is 9.54. The molecule has 1 N–H and O–H groups in total. The molecule has 8 nitrogen and oxygen atoms in total. The zero-order valence-corrected chi connectivity index (χ0v) is 25.7. The van der Waals surface area contributed by atoms with Crippen LogP contribution in [0.15, 0.2) is 58.7 Å². The van der Waals surface area contributed by atoms with Gasteiger partial charge in [0.25, 0.3) is 0 Å². The minimum absolute atomic E-state index is 0.0997. The molecule has 4 fully saturated rings. The average Bonchev–Trinajstić information content (AvgIpc) is 3.62. The maximum Gasteiger partial charge on any atom is 0.334 e. The van der Waals surface area contributed by atoms with Crippen LogP contribution in [0.4, 0.5) is 0 Å². The van der Waals surface area contributed by atoms with Crippen LogP contribution in [0.1, 0.15) is 67.2 Å². The van der Waals surface area contributed by atoms with Crippen LogP contribution >= 0.6 is 0 Å². The summed E-state index contributed by atoms with van der Waals surface area (Å²) in [5.41, 5.74) is -1.13. The zero-order chi connectivity index (χ0) is 31.0. The highest BCUT2D eigenvalue weighted by Gasteiger charge is 2.84. The van der Waals surface area contributed by atoms with Crippen LogP contribution in [-0.4, -0.2) is 52.7 Å². The second-order valence-corrected chi connectivity index (χ2v) is 14.5. The maximum atomic E-state index is 14.7. The summed E-state index contributed by atoms with van der Waals surface area (Å²) in [6.45, 7) is 15.1. The van der Waals surface area contributed by atoms with Gasteiger partial charge in [-0.05, 0) is 60.0 Å². The molecule has 0 aromatic heterocycles. The molecule has 43 heavy (non-hydrogen) atoms. The number of fused-ring (bicyclic) bond motifs is 6. The van der Waals surface area contributed by atoms with Crippen LogP contribution in [0.25, 0.3) is 0 Å². The predicted molar refractivity (Wildman–Crippen MR) is 155 cm³/mol. The fourth-order valence-corrected chi connectivity index (χ4v) is 10.5. The van der Waals surface area contributed by atoms with Gasteiger partial charge in [0, 0.05) is 51.7 Å². The van der Waals surface area contributed by atoms with E-state index in [1.165, 1.54) is 0 Å². The first-order chi connectivity index (χ1) is 20.1. The van der Waals surface area contributed by atoms with Crippen LogP contribution in [0.2, 0.25) is 0 Å². The number of aliphatic hydroxyl groups is 1. The largest absolute Gasteiger partial charge is 0.460 e. The van der Waals surface area contributed by atoms with Gasteiger partial charge < -0.3 is 19.3 Å². The van der Waals surface area contributed by atoms with Gasteiger partial charge in [-0.3, -0.25) is 9.59 Å². The molecule has 2 bridgehead atoms. The molecule has 2 saturated carbocycles. The Bertz CT molecular complexity index is 1540. The third kappa shape index (κ3) is 3.20. The third-order valence-electron chi connectivity index (χ3n) is 12.7. The average molecular weight is 589 g/mol. The summed E-state index contributed by atoms with van der Waals surface area (Å²) in [6, 6.07) is 0. The summed E-state index contributed by atoms with van der Waals surface area (Å²) >= 11 is 0. The van der Waals surface area contributed by atoms with E-state index < -0.39 is 75.8 Å². The minimum Gasteiger partial charge on any atom is -0.460 e. The van der Waals surface area contributed by atoms with E-state index in [1.54, 1.807) is 26.0 Å². The predicted octanol–water partition coefficient (Wildman–Crippen LogP) is 4.48. The molecule has 1 unspecified atom stereocenters. The summed E-state index contributed by atoms with van der Waals surface area (Å²) in [5, 5.41) is 12.3. The highest BCUT2D eigenvalue weighted by Crippen LogP contribution is 2.80. The Morgan fingerprint density at radius 3 is 2.56 bits per heavy atom. The fraction of sp³-hybridized carbons (Fsp3) is 0.600. The van der Waals surface area contributed by atoms with E-state index in [1.807, 2.05) is 39.8 Å². The molecule has 7 aliphatic rings. The highest BCUT2D eigenvalue weighted by atomic mass is 16.6. The van der Waals surface area contributed by atoms with Crippen molar-refractivity contribution < 1.29 is 38.5 Å². The van der Waals surface area contributed by atoms with Crippen molar-refractivity contribution in [3.05, 3.63) is 58.7 Å². The molecule has 2 aliphatic heterocycles. The standard InChI is InChI=1S/C35H40O8/c1-8-16(2)29(37)41-22-14-18(4)23-21(36)13-17(3)24(23)27-25(22)35(31(39)43-27)15-34-12-11-32(35,6)28(34)26-20(9-10-33(34,7)40)19(5)30(38)42-26/h8,11-13,20,22,24-28,40H,5,9-10,14-15H2,1-4,6-7H3/b16-8-/t20-,22-,24-,25+,26-,27+,28-,32+,33+,34+,35?/m0/s1. The zero-order valence-electron chi connectivity index (χ0n) is 25.7. The Kier molecular flexibility index (Phi) is 5.75. The Morgan fingerprint density at radius 1 is 1.14 bits per heavy atom. The van der Waals surface area contributed by atoms with Gasteiger partial charge in [-0.15, -0.1) is 0 Å². The van der Waals surface area contributed by atoms with Crippen molar-refractivity contribution in [2.24, 2.45) is 39.9 Å². The van der Waals surface area contributed by atoms with Gasteiger partial charge in [0.1, 0.15) is 18.3 Å². The SMILES string of the molecule is C=C1C(=O)O[C@H]2[C@H]1CC[C@@](C)(O)[C@@]13C=C[C@](C)([C@H]21)C1(C3)C(=O)O[C@@H]2[C@H]3C(C)=CC(=O)C3=C(C)C[C@H](OC(=O)/C(C)=C\C)[C@H]21. The van der Waals surface area contributed by atoms with Crippen molar-refractivity contribution in [3.8, 4) is 0 Å². The van der Waals surface area contributed by atoms with E-state index >= 15 is 0 Å². The smallest absolute Gasteiger partial charge is 0.334 e. The first-order valence-corrected chi connectivity index (χ1v) is 15.4. The van der Waals surface area contributed by atoms with Gasteiger partial charge in [-0.2, -0.15) is 0 Å². The summed E-state index contributed by atoms with van der Waals surface area (Å²) in [4.78, 5) is 54.2. The van der Waals surface area contributed by atoms with Gasteiger partial charge in [-0.25, -0.2) is 9.59 Å². The number of hydrogen-bond donors (Lipinski definition) is 1. The van der Waals surface area contributed by atoms with E-state index in [0.29, 0.717) is 29.6 Å². The van der Waals surface area contributed by atoms with Crippen LogP contribution in [-0.2, 0) is 33.4 Å². The fourth-order valence-electron chi connectivity index (χ4n) is 10.5. The van der Waals surface area contributed by atoms with Crippen LogP contribution in [0.3, 0.4) is 0 Å². The third-order valence-corrected chi connectivity index (χ3v) is 12.7. The normalized spacial score (nSPS) is 47.9. The number of hydrogen-bond acceptors (Lipinski definition) is 8. The molecule has 7 rings (SSSR count). The van der Waals surface area contributed by atoms with Gasteiger partial charge in [-0.1, -0.05) is 42.9 Å². The topological polar surface area (TPSA) is 116 Å². The van der Waals surface area contributed by atoms with Crippen molar-refractivity contribution in [2.45, 2.75) is 91.1 Å². The second-order valence-electron chi connectivity index (χ2n) is 14.5. The summed E-state index contributed by atoms with van der Waals surface area (Å²) in [6.07, 6.45) is 6.82. The van der Waals surface area contributed by atoms with Crippen molar-refractivity contribution in [2.75, 3.05) is 0 Å². The van der Waals surface area contributed by atoms with Crippen molar-refractivity contribution in [3.63, 3.8) is 0 Å². The molecular weight excluding hydrogens is 548 g/mol. The van der Waals surface area contributed by atoms with E-state index in [9.17, 15) is 24.3 Å². The number of rotatable bonds is 2. The Morgan fingerprint density at radius 2 is 1.86 bits per heavy atom. The number of carbonyl (C=O) groups excluding carboxylic acids is 4. The van der Waals surface area contributed by atoms with Gasteiger partial charge in [0.2, 0.25) is 0 Å². The Balaban J connectivity index is 1.44. The highest BCUT2D eigenvalue weighted by molar-refractivity contribution is 6.09. The lowest BCUT2D eigenvalue weighted by Crippen LogP contribution is -2.53. The molecule has 8 heteroatoms. The lowest BCUT2D eigenvalue weighted by Gasteiger charge is -2.46. The first kappa shape index (κ1) is 28.5. The first-order valence-electron chi connectivity index (χ1n) is 15.4. The van der Waals surface area contributed by atoms with Crippen LogP contribution in [0.5, 0.6) is 0 Å². The quantitative estimate of drug-likeness (QED) is 0.217. The molecule has 2 saturated heterocycles. The number of ether oxygens (including phenoxy) is 3. The summed E-state index contributed by atoms with van der Waals surface area (Å²) in [5.74, 6) is -3.18. The molecule has 0 amide bonds. The molecular formula is C35H40O8. The van der Waals surface area contributed by atoms with Crippen molar-refractivity contribution >= 4 is 23.7 Å². The second kappa shape index (κ2) is 8.68. The van der Waals surface area contributed by atoms with E-state index in [2.05, 4.69) is 6.58 Å². The number of carbonyl (C=O) groups is 4. The maximum absolute atomic E-state index is 14.7. The molecule has 11 atom stereocenters. The van der Waals surface area contributed by atoms with Gasteiger partial charge >= 0.3 is 17.9 Å². The lowest BCUT2D eigenvalue weighted by molar-refractivity contribution is -0.159. The summed E-state index contributed by atoms with van der Waals surface area (Å²) in [7, 11) is 0. The number of allylic oxidation sites excluding steroid dienone is 3. The molecule has 5 aliphatic carbocycles. The summed E-state index contributed by atoms with van der Waals surface area (Å²) < 4.78 is 18.8.